The number of hydrogen-bond donors (Lipinski definition) is 2. The molecule has 10 heteroatoms. The van der Waals surface area contributed by atoms with Gasteiger partial charge in [-0.1, -0.05) is 47.1 Å². The fourth-order valence-electron chi connectivity index (χ4n) is 3.19. The molecule has 2 amide bonds. The van der Waals surface area contributed by atoms with Crippen LogP contribution < -0.4 is 20.1 Å². The number of nitrogens with zero attached hydrogens (tertiary/aromatic N) is 2. The van der Waals surface area contributed by atoms with Crippen LogP contribution in [0.25, 0.3) is 22.2 Å². The van der Waals surface area contributed by atoms with E-state index in [0.717, 1.165) is 10.8 Å². The summed E-state index contributed by atoms with van der Waals surface area (Å²) in [7, 11) is 1.50. The molecule has 174 valence electrons. The lowest BCUT2D eigenvalue weighted by atomic mass is 10.1. The average molecular weight is 481 g/mol. The van der Waals surface area contributed by atoms with Gasteiger partial charge in [0.15, 0.2) is 6.61 Å². The van der Waals surface area contributed by atoms with E-state index < -0.39 is 5.91 Å². The van der Waals surface area contributed by atoms with E-state index in [2.05, 4.69) is 20.8 Å². The molecule has 9 nitrogen and oxygen atoms in total. The molecule has 0 saturated carbocycles. The van der Waals surface area contributed by atoms with Crippen LogP contribution in [-0.4, -0.2) is 48.8 Å². The normalized spacial score (nSPS) is 10.6. The van der Waals surface area contributed by atoms with E-state index in [1.807, 2.05) is 42.5 Å². The van der Waals surface area contributed by atoms with Crippen molar-refractivity contribution in [3.05, 3.63) is 71.6 Å². The fraction of sp³-hybridized carbons (Fsp3) is 0.167. The molecule has 0 bridgehead atoms. The number of methoxy groups -OCH3 is 1. The van der Waals surface area contributed by atoms with E-state index in [0.29, 0.717) is 22.1 Å². The van der Waals surface area contributed by atoms with Crippen molar-refractivity contribution in [2.45, 2.75) is 0 Å². The number of carbonyl (C=O) groups is 2. The van der Waals surface area contributed by atoms with Crippen LogP contribution in [0.15, 0.2) is 65.2 Å². The first-order valence-corrected chi connectivity index (χ1v) is 10.8. The van der Waals surface area contributed by atoms with E-state index in [9.17, 15) is 9.59 Å². The Kier molecular flexibility index (Phi) is 7.24. The summed E-state index contributed by atoms with van der Waals surface area (Å²) in [5, 5.41) is 11.7. The summed E-state index contributed by atoms with van der Waals surface area (Å²) in [4.78, 5) is 28.4. The molecule has 0 aliphatic rings. The van der Waals surface area contributed by atoms with Gasteiger partial charge in [0.2, 0.25) is 5.82 Å². The van der Waals surface area contributed by atoms with Gasteiger partial charge < -0.3 is 24.6 Å². The Morgan fingerprint density at radius 1 is 1.00 bits per heavy atom. The lowest BCUT2D eigenvalue weighted by molar-refractivity contribution is -0.123. The number of halogens is 1. The molecule has 4 aromatic rings. The predicted molar refractivity (Wildman–Crippen MR) is 126 cm³/mol. The van der Waals surface area contributed by atoms with Gasteiger partial charge in [-0.3, -0.25) is 9.59 Å². The molecule has 0 unspecified atom stereocenters. The minimum Gasteiger partial charge on any atom is -0.496 e. The number of benzene rings is 3. The largest absolute Gasteiger partial charge is 0.496 e. The second-order valence-corrected chi connectivity index (χ2v) is 7.61. The molecular formula is C24H21ClN4O5. The van der Waals surface area contributed by atoms with Crippen molar-refractivity contribution in [3.63, 3.8) is 0 Å². The standard InChI is InChI=1S/C24H21ClN4O5/c1-32-20-9-7-17(25)13-19(20)22-28-24(34-29-22)23(31)27-11-10-26-21(30)14-33-18-8-6-15-4-2-3-5-16(15)12-18/h2-9,12-13H,10-11,14H2,1H3,(H,26,30)(H,27,31). The first-order chi connectivity index (χ1) is 16.5. The Morgan fingerprint density at radius 2 is 1.79 bits per heavy atom. The number of aromatic nitrogens is 2. The molecular weight excluding hydrogens is 460 g/mol. The molecule has 4 rings (SSSR count). The van der Waals surface area contributed by atoms with E-state index in [4.69, 9.17) is 25.6 Å². The zero-order valence-electron chi connectivity index (χ0n) is 18.2. The fourth-order valence-corrected chi connectivity index (χ4v) is 3.36. The van der Waals surface area contributed by atoms with Crippen molar-refractivity contribution in [3.8, 4) is 22.9 Å². The Hall–Kier alpha value is -4.11. The zero-order valence-corrected chi connectivity index (χ0v) is 19.0. The highest BCUT2D eigenvalue weighted by atomic mass is 35.5. The van der Waals surface area contributed by atoms with Crippen LogP contribution in [0.3, 0.4) is 0 Å². The third-order valence-corrected chi connectivity index (χ3v) is 5.08. The zero-order chi connectivity index (χ0) is 23.9. The number of amides is 2. The van der Waals surface area contributed by atoms with Crippen LogP contribution in [0.2, 0.25) is 5.02 Å². The van der Waals surface area contributed by atoms with E-state index in [1.54, 1.807) is 18.2 Å². The van der Waals surface area contributed by atoms with Crippen molar-refractivity contribution in [2.24, 2.45) is 0 Å². The number of hydrogen-bond acceptors (Lipinski definition) is 7. The van der Waals surface area contributed by atoms with Gasteiger partial charge in [-0.2, -0.15) is 4.98 Å². The summed E-state index contributed by atoms with van der Waals surface area (Å²) < 4.78 is 15.8. The summed E-state index contributed by atoms with van der Waals surface area (Å²) >= 11 is 6.02. The highest BCUT2D eigenvalue weighted by molar-refractivity contribution is 6.30. The van der Waals surface area contributed by atoms with Gasteiger partial charge in [0, 0.05) is 18.1 Å². The molecule has 0 aliphatic carbocycles. The third-order valence-electron chi connectivity index (χ3n) is 4.85. The van der Waals surface area contributed by atoms with Crippen LogP contribution in [0, 0.1) is 0 Å². The molecule has 2 N–H and O–H groups in total. The Morgan fingerprint density at radius 3 is 2.62 bits per heavy atom. The molecule has 0 spiro atoms. The van der Waals surface area contributed by atoms with Crippen LogP contribution in [0.4, 0.5) is 0 Å². The summed E-state index contributed by atoms with van der Waals surface area (Å²) in [5.41, 5.74) is 0.497. The molecule has 0 aliphatic heterocycles. The smallest absolute Gasteiger partial charge is 0.316 e. The van der Waals surface area contributed by atoms with E-state index in [-0.39, 0.29) is 37.3 Å². The van der Waals surface area contributed by atoms with Crippen LogP contribution >= 0.6 is 11.6 Å². The maximum atomic E-state index is 12.3. The quantitative estimate of drug-likeness (QED) is 0.352. The molecule has 0 fully saturated rings. The first kappa shape index (κ1) is 23.1. The highest BCUT2D eigenvalue weighted by Gasteiger charge is 2.18. The van der Waals surface area contributed by atoms with Crippen LogP contribution in [0.1, 0.15) is 10.7 Å². The molecule has 0 radical (unpaired) electrons. The van der Waals surface area contributed by atoms with Gasteiger partial charge in [0.1, 0.15) is 11.5 Å². The van der Waals surface area contributed by atoms with Crippen LogP contribution in [0.5, 0.6) is 11.5 Å². The minimum absolute atomic E-state index is 0.138. The molecule has 1 heterocycles. The summed E-state index contributed by atoms with van der Waals surface area (Å²) in [6.45, 7) is 0.230. The Bertz CT molecular complexity index is 1320. The lowest BCUT2D eigenvalue weighted by Crippen LogP contribution is -2.36. The average Bonchev–Trinajstić information content (AvgIpc) is 3.35. The van der Waals surface area contributed by atoms with Gasteiger partial charge in [0.25, 0.3) is 5.91 Å². The molecule has 0 saturated heterocycles. The summed E-state index contributed by atoms with van der Waals surface area (Å²) in [6.07, 6.45) is 0. The van der Waals surface area contributed by atoms with Crippen molar-refractivity contribution in [2.75, 3.05) is 26.8 Å². The lowest BCUT2D eigenvalue weighted by Gasteiger charge is -2.08. The second kappa shape index (κ2) is 10.7. The van der Waals surface area contributed by atoms with Gasteiger partial charge >= 0.3 is 11.8 Å². The monoisotopic (exact) mass is 480 g/mol. The van der Waals surface area contributed by atoms with E-state index >= 15 is 0 Å². The van der Waals surface area contributed by atoms with Gasteiger partial charge in [-0.15, -0.1) is 0 Å². The van der Waals surface area contributed by atoms with Crippen molar-refractivity contribution >= 4 is 34.2 Å². The second-order valence-electron chi connectivity index (χ2n) is 7.17. The first-order valence-electron chi connectivity index (χ1n) is 10.4. The molecule has 0 atom stereocenters. The molecule has 3 aromatic carbocycles. The number of ether oxygens (including phenoxy) is 2. The Balaban J connectivity index is 1.22. The number of carbonyl (C=O) groups excluding carboxylic acids is 2. The Labute approximate surface area is 200 Å². The minimum atomic E-state index is -0.568. The SMILES string of the molecule is COc1ccc(Cl)cc1-c1noc(C(=O)NCCNC(=O)COc2ccc3ccccc3c2)n1. The molecule has 34 heavy (non-hydrogen) atoms. The van der Waals surface area contributed by atoms with Crippen molar-refractivity contribution in [1.29, 1.82) is 0 Å². The van der Waals surface area contributed by atoms with Gasteiger partial charge in [-0.25, -0.2) is 0 Å². The van der Waals surface area contributed by atoms with Crippen molar-refractivity contribution < 1.29 is 23.6 Å². The maximum absolute atomic E-state index is 12.3. The molecule has 1 aromatic heterocycles. The van der Waals surface area contributed by atoms with Crippen molar-refractivity contribution in [1.82, 2.24) is 20.8 Å². The number of rotatable bonds is 9. The van der Waals surface area contributed by atoms with Gasteiger partial charge in [0.05, 0.1) is 12.7 Å². The highest BCUT2D eigenvalue weighted by Crippen LogP contribution is 2.30. The summed E-state index contributed by atoms with van der Waals surface area (Å²) in [5.74, 6) is 0.167. The topological polar surface area (TPSA) is 116 Å². The maximum Gasteiger partial charge on any atom is 0.316 e. The van der Waals surface area contributed by atoms with Crippen LogP contribution in [-0.2, 0) is 4.79 Å². The van der Waals surface area contributed by atoms with E-state index in [1.165, 1.54) is 7.11 Å². The number of fused-ring (bicyclic) bond motifs is 1. The number of nitrogens with one attached hydrogen (secondary N) is 2. The third kappa shape index (κ3) is 5.62. The predicted octanol–water partition coefficient (Wildman–Crippen LogP) is 3.48. The summed E-state index contributed by atoms with van der Waals surface area (Å²) in [6, 6.07) is 18.4. The van der Waals surface area contributed by atoms with Gasteiger partial charge in [-0.05, 0) is 41.1 Å².